The monoisotopic (exact) mass is 338 g/mol. The zero-order valence-corrected chi connectivity index (χ0v) is 14.7. The van der Waals surface area contributed by atoms with Gasteiger partial charge in [0.1, 0.15) is 0 Å². The molecule has 3 rings (SSSR count). The van der Waals surface area contributed by atoms with Gasteiger partial charge in [-0.3, -0.25) is 0 Å². The van der Waals surface area contributed by atoms with Gasteiger partial charge in [-0.1, -0.05) is 6.92 Å². The molecule has 128 valence electrons. The fourth-order valence-corrected chi connectivity index (χ4v) is 4.16. The minimum absolute atomic E-state index is 0.0263. The molecule has 1 aromatic heterocycles. The summed E-state index contributed by atoms with van der Waals surface area (Å²) in [6.07, 6.45) is 2.05. The molecule has 2 saturated heterocycles. The predicted molar refractivity (Wildman–Crippen MR) is 90.7 cm³/mol. The quantitative estimate of drug-likeness (QED) is 0.918. The topological polar surface area (TPSA) is 50.8 Å². The molecule has 2 fully saturated rings. The Bertz CT molecular complexity index is 514. The van der Waals surface area contributed by atoms with Crippen molar-refractivity contribution in [1.29, 1.82) is 0 Å². The van der Waals surface area contributed by atoms with E-state index in [1.165, 1.54) is 5.56 Å². The third-order valence-corrected chi connectivity index (χ3v) is 5.68. The van der Waals surface area contributed by atoms with Crippen LogP contribution in [-0.2, 0) is 9.47 Å². The highest BCUT2D eigenvalue weighted by molar-refractivity contribution is 7.07. The molecule has 0 aliphatic carbocycles. The molecule has 2 aliphatic heterocycles. The first-order valence-electron chi connectivity index (χ1n) is 8.41. The Kier molecular flexibility index (Phi) is 5.24. The van der Waals surface area contributed by atoms with Gasteiger partial charge in [-0.2, -0.15) is 11.3 Å². The maximum atomic E-state index is 12.5. The zero-order valence-electron chi connectivity index (χ0n) is 13.9. The molecule has 2 amide bonds. The number of ether oxygens (including phenoxy) is 2. The van der Waals surface area contributed by atoms with Gasteiger partial charge in [0.15, 0.2) is 5.79 Å². The highest BCUT2D eigenvalue weighted by atomic mass is 32.1. The Balaban J connectivity index is 1.51. The number of carbonyl (C=O) groups is 1. The summed E-state index contributed by atoms with van der Waals surface area (Å²) >= 11 is 1.69. The van der Waals surface area contributed by atoms with Crippen LogP contribution in [0.5, 0.6) is 0 Å². The molecular formula is C17H26N2O3S. The van der Waals surface area contributed by atoms with Crippen LogP contribution in [0.1, 0.15) is 38.2 Å². The van der Waals surface area contributed by atoms with Crippen LogP contribution < -0.4 is 5.32 Å². The van der Waals surface area contributed by atoms with Crippen molar-refractivity contribution in [3.63, 3.8) is 0 Å². The van der Waals surface area contributed by atoms with Crippen molar-refractivity contribution < 1.29 is 14.3 Å². The number of urea groups is 1. The second kappa shape index (κ2) is 7.20. The van der Waals surface area contributed by atoms with Gasteiger partial charge in [0.05, 0.1) is 13.2 Å². The third-order valence-electron chi connectivity index (χ3n) is 4.98. The molecule has 3 heterocycles. The van der Waals surface area contributed by atoms with Gasteiger partial charge in [0, 0.05) is 25.6 Å². The molecule has 2 atom stereocenters. The molecule has 5 nitrogen and oxygen atoms in total. The number of hydrogen-bond donors (Lipinski definition) is 1. The Hall–Kier alpha value is -1.11. The predicted octanol–water partition coefficient (Wildman–Crippen LogP) is 3.04. The van der Waals surface area contributed by atoms with Crippen molar-refractivity contribution in [2.75, 3.05) is 32.8 Å². The van der Waals surface area contributed by atoms with Gasteiger partial charge >= 0.3 is 6.03 Å². The van der Waals surface area contributed by atoms with Crippen LogP contribution in [0.4, 0.5) is 4.79 Å². The molecule has 6 heteroatoms. The first-order chi connectivity index (χ1) is 11.1. The lowest BCUT2D eigenvalue weighted by atomic mass is 9.90. The van der Waals surface area contributed by atoms with E-state index < -0.39 is 5.79 Å². The Morgan fingerprint density at radius 1 is 1.52 bits per heavy atom. The number of amides is 2. The summed E-state index contributed by atoms with van der Waals surface area (Å²) in [6.45, 7) is 7.63. The van der Waals surface area contributed by atoms with E-state index in [0.29, 0.717) is 32.2 Å². The van der Waals surface area contributed by atoms with E-state index in [0.717, 1.165) is 19.4 Å². The van der Waals surface area contributed by atoms with Gasteiger partial charge in [0.25, 0.3) is 0 Å². The smallest absolute Gasteiger partial charge is 0.317 e. The molecule has 0 aromatic carbocycles. The summed E-state index contributed by atoms with van der Waals surface area (Å²) in [5, 5.41) is 7.29. The molecule has 2 aliphatic rings. The van der Waals surface area contributed by atoms with Crippen molar-refractivity contribution in [1.82, 2.24) is 10.2 Å². The van der Waals surface area contributed by atoms with Crippen LogP contribution in [0.15, 0.2) is 16.8 Å². The van der Waals surface area contributed by atoms with Crippen molar-refractivity contribution in [3.05, 3.63) is 22.4 Å². The number of rotatable bonds is 4. The molecule has 1 N–H and O–H groups in total. The minimum atomic E-state index is -0.525. The first-order valence-corrected chi connectivity index (χ1v) is 9.35. The number of hydrogen-bond acceptors (Lipinski definition) is 4. The van der Waals surface area contributed by atoms with E-state index in [4.69, 9.17) is 9.47 Å². The van der Waals surface area contributed by atoms with E-state index in [-0.39, 0.29) is 11.9 Å². The Labute approximate surface area is 142 Å². The van der Waals surface area contributed by atoms with Gasteiger partial charge in [-0.25, -0.2) is 4.79 Å². The summed E-state index contributed by atoms with van der Waals surface area (Å²) in [7, 11) is 0. The van der Waals surface area contributed by atoms with E-state index in [1.54, 1.807) is 11.3 Å². The molecular weight excluding hydrogens is 312 g/mol. The lowest BCUT2D eigenvalue weighted by Crippen LogP contribution is -2.51. The highest BCUT2D eigenvalue weighted by Crippen LogP contribution is 2.34. The summed E-state index contributed by atoms with van der Waals surface area (Å²) < 4.78 is 11.6. The van der Waals surface area contributed by atoms with Crippen LogP contribution >= 0.6 is 11.3 Å². The Morgan fingerprint density at radius 2 is 2.30 bits per heavy atom. The minimum Gasteiger partial charge on any atom is -0.347 e. The summed E-state index contributed by atoms with van der Waals surface area (Å²) in [5.74, 6) is 0.0618. The second-order valence-corrected chi connectivity index (χ2v) is 7.42. The number of piperidine rings is 1. The van der Waals surface area contributed by atoms with Crippen molar-refractivity contribution in [2.45, 2.75) is 38.4 Å². The van der Waals surface area contributed by atoms with Crippen molar-refractivity contribution in [3.8, 4) is 0 Å². The molecule has 1 aromatic rings. The van der Waals surface area contributed by atoms with Crippen LogP contribution in [-0.4, -0.2) is 49.6 Å². The lowest BCUT2D eigenvalue weighted by molar-refractivity contribution is -0.189. The van der Waals surface area contributed by atoms with Gasteiger partial charge in [-0.05, 0) is 48.1 Å². The SMILES string of the molecule is C[C@@H](CNC(=O)N1CCC[C@@H](C2(C)OCCO2)C1)c1ccsc1. The van der Waals surface area contributed by atoms with Gasteiger partial charge < -0.3 is 19.7 Å². The molecule has 0 spiro atoms. The second-order valence-electron chi connectivity index (χ2n) is 6.64. The van der Waals surface area contributed by atoms with Gasteiger partial charge in [0.2, 0.25) is 0 Å². The largest absolute Gasteiger partial charge is 0.347 e. The van der Waals surface area contributed by atoms with Gasteiger partial charge in [-0.15, -0.1) is 0 Å². The zero-order chi connectivity index (χ0) is 16.3. The summed E-state index contributed by atoms with van der Waals surface area (Å²) in [6, 6.07) is 2.15. The number of carbonyl (C=O) groups excluding carboxylic acids is 1. The molecule has 0 radical (unpaired) electrons. The van der Waals surface area contributed by atoms with Crippen LogP contribution in [0, 0.1) is 5.92 Å². The van der Waals surface area contributed by atoms with Crippen molar-refractivity contribution in [2.24, 2.45) is 5.92 Å². The summed E-state index contributed by atoms with van der Waals surface area (Å²) in [4.78, 5) is 14.4. The fourth-order valence-electron chi connectivity index (χ4n) is 3.38. The fraction of sp³-hybridized carbons (Fsp3) is 0.706. The Morgan fingerprint density at radius 3 is 3.00 bits per heavy atom. The number of nitrogens with zero attached hydrogens (tertiary/aromatic N) is 1. The maximum Gasteiger partial charge on any atom is 0.317 e. The van der Waals surface area contributed by atoms with E-state index in [2.05, 4.69) is 29.1 Å². The molecule has 0 bridgehead atoms. The lowest BCUT2D eigenvalue weighted by Gasteiger charge is -2.39. The van der Waals surface area contributed by atoms with E-state index >= 15 is 0 Å². The average Bonchev–Trinajstić information content (AvgIpc) is 3.25. The number of nitrogens with one attached hydrogen (secondary N) is 1. The van der Waals surface area contributed by atoms with E-state index in [9.17, 15) is 4.79 Å². The number of thiophene rings is 1. The molecule has 23 heavy (non-hydrogen) atoms. The van der Waals surface area contributed by atoms with Crippen LogP contribution in [0.25, 0.3) is 0 Å². The molecule has 0 saturated carbocycles. The highest BCUT2D eigenvalue weighted by Gasteiger charge is 2.42. The van der Waals surface area contributed by atoms with Crippen molar-refractivity contribution >= 4 is 17.4 Å². The standard InChI is InChI=1S/C17H26N2O3S/c1-13(14-5-9-23-12-14)10-18-16(20)19-6-3-4-15(11-19)17(2)21-7-8-22-17/h5,9,12-13,15H,3-4,6-8,10-11H2,1-2H3,(H,18,20)/t13-,15+/m0/s1. The number of likely N-dealkylation sites (tertiary alicyclic amines) is 1. The van der Waals surface area contributed by atoms with Crippen LogP contribution in [0.2, 0.25) is 0 Å². The van der Waals surface area contributed by atoms with Crippen LogP contribution in [0.3, 0.4) is 0 Å². The maximum absolute atomic E-state index is 12.5. The third kappa shape index (κ3) is 3.87. The van der Waals surface area contributed by atoms with E-state index in [1.807, 2.05) is 11.8 Å². The normalized spacial score (nSPS) is 25.3. The average molecular weight is 338 g/mol. The molecule has 0 unspecified atom stereocenters. The first kappa shape index (κ1) is 16.7. The summed E-state index contributed by atoms with van der Waals surface area (Å²) in [5.41, 5.74) is 1.28.